The van der Waals surface area contributed by atoms with Crippen LogP contribution in [-0.2, 0) is 16.1 Å². The van der Waals surface area contributed by atoms with Crippen molar-refractivity contribution in [2.24, 2.45) is 5.41 Å². The standard InChI is InChI=1S/C17H25NO2/c1-3-20-16-11-15(17(16)9-6-10-17)18-14-8-5-4-7-13(14)12-19-2/h4-5,7-8,15-16,18H,3,6,9-12H2,1-2H3. The van der Waals surface area contributed by atoms with E-state index in [1.807, 2.05) is 0 Å². The van der Waals surface area contributed by atoms with Gasteiger partial charge in [-0.3, -0.25) is 0 Å². The van der Waals surface area contributed by atoms with Gasteiger partial charge in [-0.15, -0.1) is 0 Å². The van der Waals surface area contributed by atoms with Crippen molar-refractivity contribution < 1.29 is 9.47 Å². The molecule has 3 nitrogen and oxygen atoms in total. The Balaban J connectivity index is 1.70. The molecule has 110 valence electrons. The van der Waals surface area contributed by atoms with E-state index in [1.165, 1.54) is 30.5 Å². The molecule has 0 aliphatic heterocycles. The van der Waals surface area contributed by atoms with Gasteiger partial charge in [-0.1, -0.05) is 24.6 Å². The summed E-state index contributed by atoms with van der Waals surface area (Å²) >= 11 is 0. The van der Waals surface area contributed by atoms with Crippen molar-refractivity contribution in [1.29, 1.82) is 0 Å². The van der Waals surface area contributed by atoms with Crippen molar-refractivity contribution in [3.05, 3.63) is 29.8 Å². The van der Waals surface area contributed by atoms with Gasteiger partial charge in [0.05, 0.1) is 12.7 Å². The number of methoxy groups -OCH3 is 1. The minimum atomic E-state index is 0.399. The van der Waals surface area contributed by atoms with Gasteiger partial charge in [0.1, 0.15) is 0 Å². The first-order valence-electron chi connectivity index (χ1n) is 7.75. The molecule has 2 aliphatic carbocycles. The lowest BCUT2D eigenvalue weighted by Gasteiger charge is -2.61. The predicted molar refractivity (Wildman–Crippen MR) is 80.9 cm³/mol. The Kier molecular flexibility index (Phi) is 3.99. The van der Waals surface area contributed by atoms with Gasteiger partial charge in [-0.05, 0) is 32.3 Å². The average molecular weight is 275 g/mol. The highest BCUT2D eigenvalue weighted by atomic mass is 16.5. The molecular weight excluding hydrogens is 250 g/mol. The summed E-state index contributed by atoms with van der Waals surface area (Å²) in [6.45, 7) is 3.60. The molecule has 0 amide bonds. The molecule has 0 bridgehead atoms. The highest BCUT2D eigenvalue weighted by Crippen LogP contribution is 2.58. The summed E-state index contributed by atoms with van der Waals surface area (Å²) in [4.78, 5) is 0. The van der Waals surface area contributed by atoms with Crippen LogP contribution in [0, 0.1) is 5.41 Å². The Labute approximate surface area is 121 Å². The van der Waals surface area contributed by atoms with E-state index < -0.39 is 0 Å². The molecule has 3 heteroatoms. The van der Waals surface area contributed by atoms with Crippen LogP contribution in [0.25, 0.3) is 0 Å². The monoisotopic (exact) mass is 275 g/mol. The third kappa shape index (κ3) is 2.23. The summed E-state index contributed by atoms with van der Waals surface area (Å²) in [6.07, 6.45) is 5.56. The minimum absolute atomic E-state index is 0.399. The highest BCUT2D eigenvalue weighted by Gasteiger charge is 2.58. The molecule has 0 heterocycles. The second-order valence-corrected chi connectivity index (χ2v) is 6.05. The smallest absolute Gasteiger partial charge is 0.0733 e. The molecule has 1 N–H and O–H groups in total. The molecule has 20 heavy (non-hydrogen) atoms. The topological polar surface area (TPSA) is 30.5 Å². The number of rotatable bonds is 6. The fourth-order valence-electron chi connectivity index (χ4n) is 3.77. The van der Waals surface area contributed by atoms with Gasteiger partial charge in [0.2, 0.25) is 0 Å². The normalized spacial score (nSPS) is 26.9. The fourth-order valence-corrected chi connectivity index (χ4v) is 3.77. The molecule has 2 aliphatic rings. The van der Waals surface area contributed by atoms with Crippen LogP contribution < -0.4 is 5.32 Å². The average Bonchev–Trinajstić information content (AvgIpc) is 2.38. The van der Waals surface area contributed by atoms with E-state index in [-0.39, 0.29) is 0 Å². The third-order valence-electron chi connectivity index (χ3n) is 5.08. The molecule has 3 rings (SSSR count). The maximum atomic E-state index is 5.92. The number of hydrogen-bond acceptors (Lipinski definition) is 3. The largest absolute Gasteiger partial charge is 0.381 e. The van der Waals surface area contributed by atoms with Crippen LogP contribution in [-0.4, -0.2) is 25.9 Å². The van der Waals surface area contributed by atoms with E-state index in [1.54, 1.807) is 7.11 Å². The van der Waals surface area contributed by atoms with Crippen molar-refractivity contribution >= 4 is 5.69 Å². The molecule has 2 saturated carbocycles. The number of benzene rings is 1. The van der Waals surface area contributed by atoms with E-state index in [4.69, 9.17) is 9.47 Å². The maximum Gasteiger partial charge on any atom is 0.0733 e. The maximum absolute atomic E-state index is 5.92. The lowest BCUT2D eigenvalue weighted by atomic mass is 9.51. The molecule has 1 spiro atoms. The Morgan fingerprint density at radius 1 is 1.30 bits per heavy atom. The van der Waals surface area contributed by atoms with Crippen molar-refractivity contribution in [2.75, 3.05) is 19.0 Å². The van der Waals surface area contributed by atoms with Crippen LogP contribution in [0.2, 0.25) is 0 Å². The number of para-hydroxylation sites is 1. The van der Waals surface area contributed by atoms with Gasteiger partial charge < -0.3 is 14.8 Å². The molecule has 0 aromatic heterocycles. The highest BCUT2D eigenvalue weighted by molar-refractivity contribution is 5.52. The first kappa shape index (κ1) is 13.9. The second-order valence-electron chi connectivity index (χ2n) is 6.05. The van der Waals surface area contributed by atoms with E-state index in [0.29, 0.717) is 24.2 Å². The zero-order valence-corrected chi connectivity index (χ0v) is 12.5. The Morgan fingerprint density at radius 3 is 2.75 bits per heavy atom. The van der Waals surface area contributed by atoms with Gasteiger partial charge in [0.15, 0.2) is 0 Å². The molecule has 2 fully saturated rings. The quantitative estimate of drug-likeness (QED) is 0.860. The minimum Gasteiger partial charge on any atom is -0.381 e. The van der Waals surface area contributed by atoms with Crippen LogP contribution in [0.15, 0.2) is 24.3 Å². The molecule has 1 aromatic rings. The summed E-state index contributed by atoms with van der Waals surface area (Å²) in [5, 5.41) is 3.75. The van der Waals surface area contributed by atoms with Crippen LogP contribution in [0.1, 0.15) is 38.2 Å². The number of ether oxygens (including phenoxy) is 2. The van der Waals surface area contributed by atoms with Gasteiger partial charge in [0, 0.05) is 36.4 Å². The first-order valence-corrected chi connectivity index (χ1v) is 7.75. The first-order chi connectivity index (χ1) is 9.80. The van der Waals surface area contributed by atoms with E-state index >= 15 is 0 Å². The third-order valence-corrected chi connectivity index (χ3v) is 5.08. The number of hydrogen-bond donors (Lipinski definition) is 1. The van der Waals surface area contributed by atoms with Crippen molar-refractivity contribution in [3.8, 4) is 0 Å². The Morgan fingerprint density at radius 2 is 2.10 bits per heavy atom. The Hall–Kier alpha value is -1.06. The number of anilines is 1. The van der Waals surface area contributed by atoms with Crippen LogP contribution >= 0.6 is 0 Å². The van der Waals surface area contributed by atoms with Crippen molar-refractivity contribution in [3.63, 3.8) is 0 Å². The van der Waals surface area contributed by atoms with E-state index in [0.717, 1.165) is 13.0 Å². The fraction of sp³-hybridized carbons (Fsp3) is 0.647. The molecule has 1 aromatic carbocycles. The lowest BCUT2D eigenvalue weighted by Crippen LogP contribution is -2.64. The predicted octanol–water partition coefficient (Wildman–Crippen LogP) is 3.59. The SMILES string of the molecule is CCOC1CC(Nc2ccccc2COC)C12CCC2. The second kappa shape index (κ2) is 5.74. The number of nitrogens with one attached hydrogen (secondary N) is 1. The van der Waals surface area contributed by atoms with Crippen molar-refractivity contribution in [1.82, 2.24) is 0 Å². The van der Waals surface area contributed by atoms with Gasteiger partial charge in [-0.2, -0.15) is 0 Å². The molecule has 0 saturated heterocycles. The summed E-state index contributed by atoms with van der Waals surface area (Å²) in [5.74, 6) is 0. The van der Waals surface area contributed by atoms with Crippen LogP contribution in [0.5, 0.6) is 0 Å². The van der Waals surface area contributed by atoms with Gasteiger partial charge in [0.25, 0.3) is 0 Å². The molecule has 2 atom stereocenters. The zero-order chi connectivity index (χ0) is 14.0. The van der Waals surface area contributed by atoms with Crippen LogP contribution in [0.4, 0.5) is 5.69 Å². The molecule has 0 radical (unpaired) electrons. The molecular formula is C17H25NO2. The lowest BCUT2D eigenvalue weighted by molar-refractivity contribution is -0.157. The summed E-state index contributed by atoms with van der Waals surface area (Å²) in [6, 6.07) is 9.02. The van der Waals surface area contributed by atoms with Gasteiger partial charge in [-0.25, -0.2) is 0 Å². The van der Waals surface area contributed by atoms with E-state index in [9.17, 15) is 0 Å². The summed E-state index contributed by atoms with van der Waals surface area (Å²) in [5.41, 5.74) is 2.86. The summed E-state index contributed by atoms with van der Waals surface area (Å²) < 4.78 is 11.2. The van der Waals surface area contributed by atoms with Gasteiger partial charge >= 0.3 is 0 Å². The van der Waals surface area contributed by atoms with Crippen molar-refractivity contribution in [2.45, 2.75) is 51.4 Å². The molecule has 2 unspecified atom stereocenters. The van der Waals surface area contributed by atoms with Crippen LogP contribution in [0.3, 0.4) is 0 Å². The van der Waals surface area contributed by atoms with E-state index in [2.05, 4.69) is 36.5 Å². The zero-order valence-electron chi connectivity index (χ0n) is 12.5. The Bertz CT molecular complexity index is 456. The summed E-state index contributed by atoms with van der Waals surface area (Å²) in [7, 11) is 1.75.